The van der Waals surface area contributed by atoms with E-state index in [1.807, 2.05) is 24.3 Å². The molecule has 0 bridgehead atoms. The van der Waals surface area contributed by atoms with Crippen LogP contribution in [0.15, 0.2) is 83.9 Å². The molecule has 0 spiro atoms. The molecule has 1 aliphatic heterocycles. The van der Waals surface area contributed by atoms with Crippen molar-refractivity contribution in [3.05, 3.63) is 100 Å². The second-order valence-corrected chi connectivity index (χ2v) is 7.55. The van der Waals surface area contributed by atoms with Gasteiger partial charge in [-0.3, -0.25) is 4.99 Å². The maximum absolute atomic E-state index is 6.29. The van der Waals surface area contributed by atoms with Crippen molar-refractivity contribution in [2.75, 3.05) is 7.11 Å². The predicted molar refractivity (Wildman–Crippen MR) is 124 cm³/mol. The topological polar surface area (TPSA) is 21.6 Å². The van der Waals surface area contributed by atoms with E-state index in [-0.39, 0.29) is 0 Å². The number of aliphatic imine (C=N–C) groups is 1. The molecule has 0 radical (unpaired) electrons. The van der Waals surface area contributed by atoms with Gasteiger partial charge in [-0.15, -0.1) is 0 Å². The summed E-state index contributed by atoms with van der Waals surface area (Å²) in [7, 11) is 1.67. The van der Waals surface area contributed by atoms with Gasteiger partial charge in [-0.2, -0.15) is 0 Å². The lowest BCUT2D eigenvalue weighted by molar-refractivity contribution is 0.415. The minimum Gasteiger partial charge on any atom is -0.497 e. The van der Waals surface area contributed by atoms with E-state index in [0.717, 1.165) is 40.3 Å². The molecule has 144 valence electrons. The van der Waals surface area contributed by atoms with E-state index in [0.29, 0.717) is 10.0 Å². The number of nitrogens with zero attached hydrogens (tertiary/aromatic N) is 1. The van der Waals surface area contributed by atoms with Crippen molar-refractivity contribution in [3.8, 4) is 16.9 Å². The second-order valence-electron chi connectivity index (χ2n) is 6.70. The Hall–Kier alpha value is -2.81. The fourth-order valence-electron chi connectivity index (χ4n) is 3.18. The van der Waals surface area contributed by atoms with Gasteiger partial charge in [-0.25, -0.2) is 0 Å². The van der Waals surface area contributed by atoms with E-state index < -0.39 is 0 Å². The monoisotopic (exact) mass is 419 g/mol. The highest BCUT2D eigenvalue weighted by Crippen LogP contribution is 2.31. The van der Waals surface area contributed by atoms with Crippen LogP contribution < -0.4 is 4.74 Å². The fourth-order valence-corrected chi connectivity index (χ4v) is 3.69. The molecule has 4 rings (SSSR count). The Bertz CT molecular complexity index is 1110. The van der Waals surface area contributed by atoms with Crippen LogP contribution in [0.1, 0.15) is 17.5 Å². The van der Waals surface area contributed by atoms with Crippen molar-refractivity contribution in [1.82, 2.24) is 0 Å². The lowest BCUT2D eigenvalue weighted by Gasteiger charge is -2.04. The van der Waals surface area contributed by atoms with Gasteiger partial charge in [0, 0.05) is 22.7 Å². The quantitative estimate of drug-likeness (QED) is 0.417. The molecule has 29 heavy (non-hydrogen) atoms. The van der Waals surface area contributed by atoms with E-state index in [4.69, 9.17) is 32.9 Å². The molecular weight excluding hydrogens is 401 g/mol. The van der Waals surface area contributed by atoms with Crippen molar-refractivity contribution >= 4 is 40.7 Å². The third-order valence-electron chi connectivity index (χ3n) is 4.78. The zero-order chi connectivity index (χ0) is 20.2. The molecule has 1 heterocycles. The van der Waals surface area contributed by atoms with E-state index in [1.54, 1.807) is 13.2 Å². The molecule has 0 amide bonds. The second kappa shape index (κ2) is 8.69. The van der Waals surface area contributed by atoms with Gasteiger partial charge in [0.2, 0.25) is 0 Å². The molecule has 0 saturated carbocycles. The summed E-state index contributed by atoms with van der Waals surface area (Å²) in [4.78, 5) is 4.70. The van der Waals surface area contributed by atoms with Crippen molar-refractivity contribution in [3.63, 3.8) is 0 Å². The van der Waals surface area contributed by atoms with Gasteiger partial charge in [0.05, 0.1) is 17.8 Å². The van der Waals surface area contributed by atoms with Crippen LogP contribution >= 0.6 is 23.2 Å². The summed E-state index contributed by atoms with van der Waals surface area (Å²) in [6.07, 6.45) is 7.00. The molecule has 3 aromatic rings. The molecule has 2 nitrogen and oxygen atoms in total. The largest absolute Gasteiger partial charge is 0.497 e. The summed E-state index contributed by atoms with van der Waals surface area (Å²) in [6, 6.07) is 22.0. The molecule has 0 fully saturated rings. The Morgan fingerprint density at radius 2 is 1.55 bits per heavy atom. The summed E-state index contributed by atoms with van der Waals surface area (Å²) in [6.45, 7) is 0. The minimum absolute atomic E-state index is 0.617. The van der Waals surface area contributed by atoms with Crippen LogP contribution in [0.4, 0.5) is 0 Å². The molecule has 4 heteroatoms. The highest BCUT2D eigenvalue weighted by atomic mass is 35.5. The SMILES string of the molecule is COc1ccc(-c2ccc(/C=C/C3=NC(c4ccc(Cl)cc4Cl)=CC3)cc2)cc1. The molecule has 0 saturated heterocycles. The van der Waals surface area contributed by atoms with Gasteiger partial charge in [-0.05, 0) is 53.1 Å². The van der Waals surface area contributed by atoms with Crippen LogP contribution in [0.25, 0.3) is 22.9 Å². The summed E-state index contributed by atoms with van der Waals surface area (Å²) in [5, 5.41) is 1.24. The van der Waals surface area contributed by atoms with E-state index in [9.17, 15) is 0 Å². The van der Waals surface area contributed by atoms with E-state index in [2.05, 4.69) is 54.6 Å². The van der Waals surface area contributed by atoms with Crippen LogP contribution in [0, 0.1) is 0 Å². The summed E-state index contributed by atoms with van der Waals surface area (Å²) in [5.41, 5.74) is 6.26. The van der Waals surface area contributed by atoms with Crippen molar-refractivity contribution in [2.45, 2.75) is 6.42 Å². The van der Waals surface area contributed by atoms with Crippen LogP contribution in [0.5, 0.6) is 5.75 Å². The zero-order valence-electron chi connectivity index (χ0n) is 15.9. The van der Waals surface area contributed by atoms with Crippen LogP contribution in [-0.4, -0.2) is 12.8 Å². The zero-order valence-corrected chi connectivity index (χ0v) is 17.4. The molecule has 0 N–H and O–H groups in total. The lowest BCUT2D eigenvalue weighted by atomic mass is 10.0. The number of hydrogen-bond donors (Lipinski definition) is 0. The van der Waals surface area contributed by atoms with Gasteiger partial charge in [0.1, 0.15) is 5.75 Å². The number of halogens is 2. The molecular formula is C25H19Cl2NO. The highest BCUT2D eigenvalue weighted by molar-refractivity contribution is 6.35. The van der Waals surface area contributed by atoms with Crippen LogP contribution in [0.3, 0.4) is 0 Å². The molecule has 1 aliphatic rings. The first kappa shape index (κ1) is 19.5. The standard InChI is InChI=1S/C25H19Cl2NO/c1-29-22-12-7-19(8-13-22)18-5-2-17(3-6-18)4-10-21-11-15-25(28-21)23-14-9-20(26)16-24(23)27/h2-10,12-16H,11H2,1H3/b10-4+. The van der Waals surface area contributed by atoms with Gasteiger partial charge >= 0.3 is 0 Å². The number of ether oxygens (including phenoxy) is 1. The Morgan fingerprint density at radius 1 is 0.862 bits per heavy atom. The average Bonchev–Trinajstić information content (AvgIpc) is 3.21. The number of rotatable bonds is 5. The average molecular weight is 420 g/mol. The molecule has 0 aliphatic carbocycles. The van der Waals surface area contributed by atoms with Crippen molar-refractivity contribution < 1.29 is 4.74 Å². The first-order chi connectivity index (χ1) is 14.1. The Kier molecular flexibility index (Phi) is 5.84. The molecule has 3 aromatic carbocycles. The highest BCUT2D eigenvalue weighted by Gasteiger charge is 2.12. The number of hydrogen-bond acceptors (Lipinski definition) is 2. The Balaban J connectivity index is 1.45. The number of allylic oxidation sites excluding steroid dienone is 2. The normalized spacial score (nSPS) is 13.5. The minimum atomic E-state index is 0.617. The third-order valence-corrected chi connectivity index (χ3v) is 5.33. The van der Waals surface area contributed by atoms with Gasteiger partial charge < -0.3 is 4.74 Å². The molecule has 0 unspecified atom stereocenters. The van der Waals surface area contributed by atoms with Gasteiger partial charge in [0.15, 0.2) is 0 Å². The summed E-state index contributed by atoms with van der Waals surface area (Å²) >= 11 is 12.3. The maximum atomic E-state index is 6.29. The first-order valence-electron chi connectivity index (χ1n) is 9.28. The lowest BCUT2D eigenvalue weighted by Crippen LogP contribution is -1.86. The van der Waals surface area contributed by atoms with E-state index in [1.165, 1.54) is 5.56 Å². The summed E-state index contributed by atoms with van der Waals surface area (Å²) in [5.74, 6) is 0.860. The third kappa shape index (κ3) is 4.61. The van der Waals surface area contributed by atoms with Crippen molar-refractivity contribution in [1.29, 1.82) is 0 Å². The predicted octanol–water partition coefficient (Wildman–Crippen LogP) is 7.57. The van der Waals surface area contributed by atoms with Crippen molar-refractivity contribution in [2.24, 2.45) is 4.99 Å². The fraction of sp³-hybridized carbons (Fsp3) is 0.0800. The van der Waals surface area contributed by atoms with E-state index >= 15 is 0 Å². The van der Waals surface area contributed by atoms with Crippen LogP contribution in [-0.2, 0) is 0 Å². The Labute approximate surface area is 180 Å². The van der Waals surface area contributed by atoms with Crippen LogP contribution in [0.2, 0.25) is 10.0 Å². The van der Waals surface area contributed by atoms with Gasteiger partial charge in [-0.1, -0.05) is 71.8 Å². The number of methoxy groups -OCH3 is 1. The van der Waals surface area contributed by atoms with Gasteiger partial charge in [0.25, 0.3) is 0 Å². The maximum Gasteiger partial charge on any atom is 0.118 e. The summed E-state index contributed by atoms with van der Waals surface area (Å²) < 4.78 is 5.21. The Morgan fingerprint density at radius 3 is 2.21 bits per heavy atom. The molecule has 0 aromatic heterocycles. The number of benzene rings is 3. The smallest absolute Gasteiger partial charge is 0.118 e. The first-order valence-corrected chi connectivity index (χ1v) is 10.0. The molecule has 0 atom stereocenters.